The van der Waals surface area contributed by atoms with E-state index in [0.717, 1.165) is 6.42 Å². The number of ether oxygens (including phenoxy) is 1. The Hall–Kier alpha value is -1.46. The van der Waals surface area contributed by atoms with Crippen LogP contribution >= 0.6 is 11.6 Å². The van der Waals surface area contributed by atoms with Gasteiger partial charge in [-0.2, -0.15) is 0 Å². The fraction of sp³-hybridized carbons (Fsp3) is 0.500. The Kier molecular flexibility index (Phi) is 7.18. The van der Waals surface area contributed by atoms with Crippen molar-refractivity contribution in [3.8, 4) is 5.75 Å². The summed E-state index contributed by atoms with van der Waals surface area (Å²) in [7, 11) is 0. The van der Waals surface area contributed by atoms with E-state index in [1.165, 1.54) is 0 Å². The van der Waals surface area contributed by atoms with E-state index in [4.69, 9.17) is 21.4 Å². The van der Waals surface area contributed by atoms with Crippen LogP contribution in [-0.2, 0) is 0 Å². The molecule has 0 atom stereocenters. The monoisotopic (exact) mass is 300 g/mol. The predicted octanol–water partition coefficient (Wildman–Crippen LogP) is 2.97. The van der Waals surface area contributed by atoms with Gasteiger partial charge in [0.05, 0.1) is 18.2 Å². The van der Waals surface area contributed by atoms with E-state index in [2.05, 4.69) is 5.32 Å². The molecule has 0 saturated heterocycles. The lowest BCUT2D eigenvalue weighted by Gasteiger charge is -2.21. The molecule has 0 aromatic heterocycles. The van der Waals surface area contributed by atoms with Crippen molar-refractivity contribution < 1.29 is 14.6 Å². The largest absolute Gasteiger partial charge is 0.492 e. The summed E-state index contributed by atoms with van der Waals surface area (Å²) in [6, 6.07) is 4.85. The first-order valence-corrected chi connectivity index (χ1v) is 7.09. The number of hydrogen-bond donors (Lipinski definition) is 2. The maximum Gasteiger partial charge on any atom is 0.321 e. The summed E-state index contributed by atoms with van der Waals surface area (Å²) in [5.74, 6) is 0.591. The van der Waals surface area contributed by atoms with Gasteiger partial charge in [-0.15, -0.1) is 0 Å². The van der Waals surface area contributed by atoms with Crippen molar-refractivity contribution in [1.82, 2.24) is 4.90 Å². The molecular weight excluding hydrogens is 280 g/mol. The highest BCUT2D eigenvalue weighted by Crippen LogP contribution is 2.27. The van der Waals surface area contributed by atoms with Gasteiger partial charge in [0.1, 0.15) is 5.75 Å². The van der Waals surface area contributed by atoms with Gasteiger partial charge in [0.2, 0.25) is 0 Å². The number of urea groups is 1. The van der Waals surface area contributed by atoms with Crippen LogP contribution in [0.2, 0.25) is 5.02 Å². The summed E-state index contributed by atoms with van der Waals surface area (Å²) < 4.78 is 5.33. The maximum atomic E-state index is 12.0. The molecule has 0 fully saturated rings. The van der Waals surface area contributed by atoms with Crippen molar-refractivity contribution in [2.24, 2.45) is 0 Å². The lowest BCUT2D eigenvalue weighted by molar-refractivity contribution is 0.188. The molecule has 1 aromatic rings. The molecule has 112 valence electrons. The lowest BCUT2D eigenvalue weighted by Crippen LogP contribution is -2.37. The van der Waals surface area contributed by atoms with Crippen LogP contribution < -0.4 is 10.1 Å². The zero-order valence-corrected chi connectivity index (χ0v) is 12.6. The van der Waals surface area contributed by atoms with Crippen molar-refractivity contribution in [3.05, 3.63) is 23.2 Å². The standard InChI is InChI=1S/C14H21ClN2O3/c1-3-7-17(8-9-18)14(19)16-11-5-6-13(20-4-2)12(15)10-11/h5-6,10,18H,3-4,7-9H2,1-2H3,(H,16,19). The van der Waals surface area contributed by atoms with Gasteiger partial charge in [0.15, 0.2) is 0 Å². The molecule has 0 aliphatic heterocycles. The number of aliphatic hydroxyl groups is 1. The van der Waals surface area contributed by atoms with E-state index < -0.39 is 0 Å². The van der Waals surface area contributed by atoms with E-state index in [0.29, 0.717) is 36.2 Å². The number of nitrogens with one attached hydrogen (secondary N) is 1. The Morgan fingerprint density at radius 2 is 2.15 bits per heavy atom. The highest BCUT2D eigenvalue weighted by molar-refractivity contribution is 6.32. The van der Waals surface area contributed by atoms with Crippen molar-refractivity contribution in [3.63, 3.8) is 0 Å². The van der Waals surface area contributed by atoms with Gasteiger partial charge in [-0.3, -0.25) is 0 Å². The quantitative estimate of drug-likeness (QED) is 0.814. The van der Waals surface area contributed by atoms with Gasteiger partial charge in [-0.05, 0) is 31.5 Å². The van der Waals surface area contributed by atoms with Crippen LogP contribution in [0.1, 0.15) is 20.3 Å². The summed E-state index contributed by atoms with van der Waals surface area (Å²) in [5, 5.41) is 12.2. The number of carbonyl (C=O) groups is 1. The zero-order valence-electron chi connectivity index (χ0n) is 11.9. The van der Waals surface area contributed by atoms with Crippen LogP contribution in [-0.4, -0.2) is 42.3 Å². The zero-order chi connectivity index (χ0) is 15.0. The molecule has 5 nitrogen and oxygen atoms in total. The summed E-state index contributed by atoms with van der Waals surface area (Å²) in [5.41, 5.74) is 0.600. The number of carbonyl (C=O) groups excluding carboxylic acids is 1. The summed E-state index contributed by atoms with van der Waals surface area (Å²) in [6.07, 6.45) is 0.831. The average molecular weight is 301 g/mol. The average Bonchev–Trinajstić information content (AvgIpc) is 2.42. The van der Waals surface area contributed by atoms with Gasteiger partial charge in [-0.25, -0.2) is 4.79 Å². The van der Waals surface area contributed by atoms with Crippen LogP contribution in [0, 0.1) is 0 Å². The number of hydrogen-bond acceptors (Lipinski definition) is 3. The molecule has 2 N–H and O–H groups in total. The first kappa shape index (κ1) is 16.6. The molecule has 6 heteroatoms. The molecule has 0 aliphatic rings. The number of aliphatic hydroxyl groups excluding tert-OH is 1. The number of rotatable bonds is 7. The fourth-order valence-electron chi connectivity index (χ4n) is 1.76. The van der Waals surface area contributed by atoms with E-state index >= 15 is 0 Å². The summed E-state index contributed by atoms with van der Waals surface area (Å²) >= 11 is 6.06. The smallest absolute Gasteiger partial charge is 0.321 e. The maximum absolute atomic E-state index is 12.0. The topological polar surface area (TPSA) is 61.8 Å². The molecular formula is C14H21ClN2O3. The minimum absolute atomic E-state index is 0.0581. The molecule has 0 spiro atoms. The van der Waals surface area contributed by atoms with Gasteiger partial charge in [0.25, 0.3) is 0 Å². The Morgan fingerprint density at radius 3 is 2.70 bits per heavy atom. The Morgan fingerprint density at radius 1 is 1.40 bits per heavy atom. The van der Waals surface area contributed by atoms with Gasteiger partial charge >= 0.3 is 6.03 Å². The van der Waals surface area contributed by atoms with Gasteiger partial charge in [-0.1, -0.05) is 18.5 Å². The summed E-state index contributed by atoms with van der Waals surface area (Å²) in [4.78, 5) is 13.6. The molecule has 20 heavy (non-hydrogen) atoms. The number of halogens is 1. The third-order valence-electron chi connectivity index (χ3n) is 2.63. The van der Waals surface area contributed by atoms with Crippen LogP contribution in [0.5, 0.6) is 5.75 Å². The molecule has 0 bridgehead atoms. The normalized spacial score (nSPS) is 10.2. The van der Waals surface area contributed by atoms with E-state index in [1.807, 2.05) is 13.8 Å². The van der Waals surface area contributed by atoms with Crippen LogP contribution in [0.25, 0.3) is 0 Å². The first-order chi connectivity index (χ1) is 9.62. The Balaban J connectivity index is 2.71. The summed E-state index contributed by atoms with van der Waals surface area (Å²) in [6.45, 7) is 5.24. The molecule has 1 aromatic carbocycles. The molecule has 0 heterocycles. The Bertz CT molecular complexity index is 434. The van der Waals surface area contributed by atoms with Crippen molar-refractivity contribution >= 4 is 23.3 Å². The predicted molar refractivity (Wildman–Crippen MR) is 80.6 cm³/mol. The van der Waals surface area contributed by atoms with Gasteiger partial charge in [0, 0.05) is 18.8 Å². The third-order valence-corrected chi connectivity index (χ3v) is 2.93. The first-order valence-electron chi connectivity index (χ1n) is 6.71. The van der Waals surface area contributed by atoms with Crippen LogP contribution in [0.3, 0.4) is 0 Å². The van der Waals surface area contributed by atoms with Crippen molar-refractivity contribution in [1.29, 1.82) is 0 Å². The molecule has 0 aliphatic carbocycles. The van der Waals surface area contributed by atoms with E-state index in [-0.39, 0.29) is 12.6 Å². The number of amides is 2. The van der Waals surface area contributed by atoms with Crippen molar-refractivity contribution in [2.45, 2.75) is 20.3 Å². The van der Waals surface area contributed by atoms with Crippen LogP contribution in [0.15, 0.2) is 18.2 Å². The Labute approximate surface area is 124 Å². The molecule has 0 radical (unpaired) electrons. The highest BCUT2D eigenvalue weighted by atomic mass is 35.5. The second-order valence-electron chi connectivity index (χ2n) is 4.22. The SMILES string of the molecule is CCCN(CCO)C(=O)Nc1ccc(OCC)c(Cl)c1. The number of anilines is 1. The molecule has 0 saturated carbocycles. The minimum Gasteiger partial charge on any atom is -0.492 e. The third kappa shape index (κ3) is 4.90. The highest BCUT2D eigenvalue weighted by Gasteiger charge is 2.12. The molecule has 2 amide bonds. The van der Waals surface area contributed by atoms with Crippen LogP contribution in [0.4, 0.5) is 10.5 Å². The second-order valence-corrected chi connectivity index (χ2v) is 4.63. The molecule has 1 rings (SSSR count). The second kappa shape index (κ2) is 8.66. The number of nitrogens with zero attached hydrogens (tertiary/aromatic N) is 1. The number of benzene rings is 1. The molecule has 0 unspecified atom stereocenters. The fourth-order valence-corrected chi connectivity index (χ4v) is 1.99. The van der Waals surface area contributed by atoms with Crippen molar-refractivity contribution in [2.75, 3.05) is 31.6 Å². The van der Waals surface area contributed by atoms with E-state index in [9.17, 15) is 4.79 Å². The lowest BCUT2D eigenvalue weighted by atomic mass is 10.3. The van der Waals surface area contributed by atoms with E-state index in [1.54, 1.807) is 23.1 Å². The van der Waals surface area contributed by atoms with Gasteiger partial charge < -0.3 is 20.1 Å². The minimum atomic E-state index is -0.249.